The minimum atomic E-state index is -0.268. The molecule has 5 rings (SSSR count). The molecule has 34 heavy (non-hydrogen) atoms. The first kappa shape index (κ1) is 22.5. The average molecular weight is 490 g/mol. The third-order valence-corrected chi connectivity index (χ3v) is 7.84. The molecule has 0 aliphatic carbocycles. The van der Waals surface area contributed by atoms with E-state index >= 15 is 0 Å². The summed E-state index contributed by atoms with van der Waals surface area (Å²) in [5.74, 6) is 0.449. The molecule has 2 amide bonds. The largest absolute Gasteiger partial charge is 0.348 e. The van der Waals surface area contributed by atoms with Gasteiger partial charge in [0.2, 0.25) is 0 Å². The fraction of sp³-hybridized carbons (Fsp3) is 0.240. The highest BCUT2D eigenvalue weighted by atomic mass is 32.2. The highest BCUT2D eigenvalue weighted by molar-refractivity contribution is 8.00. The summed E-state index contributed by atoms with van der Waals surface area (Å²) >= 11 is 3.19. The van der Waals surface area contributed by atoms with Gasteiger partial charge in [-0.05, 0) is 43.7 Å². The first-order valence-electron chi connectivity index (χ1n) is 11.0. The lowest BCUT2D eigenvalue weighted by Crippen LogP contribution is -2.42. The van der Waals surface area contributed by atoms with Gasteiger partial charge in [-0.2, -0.15) is 0 Å². The highest BCUT2D eigenvalue weighted by Gasteiger charge is 2.33. The average Bonchev–Trinajstić information content (AvgIpc) is 3.48. The second kappa shape index (κ2) is 9.52. The number of thiazole rings is 1. The minimum Gasteiger partial charge on any atom is -0.348 e. The molecule has 0 saturated carbocycles. The van der Waals surface area contributed by atoms with Gasteiger partial charge in [0.25, 0.3) is 11.8 Å². The Morgan fingerprint density at radius 3 is 2.82 bits per heavy atom. The summed E-state index contributed by atoms with van der Waals surface area (Å²) in [5.41, 5.74) is 4.36. The van der Waals surface area contributed by atoms with Gasteiger partial charge in [0.05, 0.1) is 26.3 Å². The second-order valence-electron chi connectivity index (χ2n) is 8.05. The zero-order valence-electron chi connectivity index (χ0n) is 18.8. The van der Waals surface area contributed by atoms with E-state index in [0.29, 0.717) is 30.0 Å². The number of fused-ring (bicyclic) bond motifs is 1. The maximum absolute atomic E-state index is 13.5. The van der Waals surface area contributed by atoms with Crippen molar-refractivity contribution in [3.05, 3.63) is 76.7 Å². The van der Waals surface area contributed by atoms with Crippen LogP contribution in [0, 0.1) is 13.8 Å². The smallest absolute Gasteiger partial charge is 0.274 e. The zero-order valence-corrected chi connectivity index (χ0v) is 20.4. The number of nitrogens with zero attached hydrogens (tertiary/aromatic N) is 4. The molecule has 4 aromatic rings. The predicted octanol–water partition coefficient (Wildman–Crippen LogP) is 4.32. The van der Waals surface area contributed by atoms with Crippen molar-refractivity contribution in [3.8, 4) is 10.4 Å². The Balaban J connectivity index is 1.31. The number of pyridine rings is 2. The summed E-state index contributed by atoms with van der Waals surface area (Å²) in [6.45, 7) is 4.91. The van der Waals surface area contributed by atoms with E-state index in [9.17, 15) is 9.59 Å². The van der Waals surface area contributed by atoms with E-state index in [1.54, 1.807) is 36.2 Å². The standard InChI is InChI=1S/C25H23N5O2S2/c1-15-5-3-6-17(13-15)23-22(28-16(2)34-23)25(32)30-11-12-33-21(30)14-27-24(31)20-9-8-18-19(29-20)7-4-10-26-18/h3-10,13,21H,11-12,14H2,1-2H3,(H,27,31). The molecule has 9 heteroatoms. The van der Waals surface area contributed by atoms with Crippen LogP contribution in [0.5, 0.6) is 0 Å². The number of carbonyl (C=O) groups excluding carboxylic acids is 2. The summed E-state index contributed by atoms with van der Waals surface area (Å²) in [5, 5.41) is 3.64. The van der Waals surface area contributed by atoms with Gasteiger partial charge in [-0.15, -0.1) is 23.1 Å². The van der Waals surface area contributed by atoms with Crippen LogP contribution in [0.15, 0.2) is 54.7 Å². The van der Waals surface area contributed by atoms with Crippen LogP contribution in [-0.4, -0.2) is 55.9 Å². The van der Waals surface area contributed by atoms with Crippen LogP contribution in [0.1, 0.15) is 31.5 Å². The number of hydrogen-bond acceptors (Lipinski definition) is 7. The SMILES string of the molecule is Cc1cccc(-c2sc(C)nc2C(=O)N2CCSC2CNC(=O)c2ccc3ncccc3n2)c1. The van der Waals surface area contributed by atoms with Gasteiger partial charge in [0.1, 0.15) is 11.4 Å². The van der Waals surface area contributed by atoms with E-state index in [2.05, 4.69) is 26.3 Å². The first-order valence-corrected chi connectivity index (χ1v) is 12.8. The van der Waals surface area contributed by atoms with Crippen molar-refractivity contribution in [2.24, 2.45) is 0 Å². The summed E-state index contributed by atoms with van der Waals surface area (Å²) in [4.78, 5) is 42.2. The Morgan fingerprint density at radius 2 is 1.97 bits per heavy atom. The second-order valence-corrected chi connectivity index (χ2v) is 10.5. The van der Waals surface area contributed by atoms with Crippen molar-refractivity contribution >= 4 is 45.9 Å². The van der Waals surface area contributed by atoms with Crippen molar-refractivity contribution in [1.82, 2.24) is 25.2 Å². The number of aryl methyl sites for hydroxylation is 2. The molecule has 1 N–H and O–H groups in total. The van der Waals surface area contributed by atoms with Crippen LogP contribution in [0.2, 0.25) is 0 Å². The van der Waals surface area contributed by atoms with Gasteiger partial charge >= 0.3 is 0 Å². The number of nitrogens with one attached hydrogen (secondary N) is 1. The lowest BCUT2D eigenvalue weighted by molar-refractivity contribution is 0.0746. The molecule has 0 spiro atoms. The number of hydrogen-bond donors (Lipinski definition) is 1. The number of carbonyl (C=O) groups is 2. The molecule has 7 nitrogen and oxygen atoms in total. The monoisotopic (exact) mass is 489 g/mol. The summed E-state index contributed by atoms with van der Waals surface area (Å²) in [7, 11) is 0. The Labute approximate surface area is 205 Å². The van der Waals surface area contributed by atoms with Crippen LogP contribution >= 0.6 is 23.1 Å². The van der Waals surface area contributed by atoms with Crippen LogP contribution < -0.4 is 5.32 Å². The number of rotatable bonds is 5. The van der Waals surface area contributed by atoms with E-state index in [1.165, 1.54) is 11.3 Å². The van der Waals surface area contributed by atoms with E-state index in [1.807, 2.05) is 43.0 Å². The molecule has 1 aromatic carbocycles. The third-order valence-electron chi connectivity index (χ3n) is 5.59. The normalized spacial score (nSPS) is 15.6. The van der Waals surface area contributed by atoms with Crippen molar-refractivity contribution in [2.45, 2.75) is 19.2 Å². The van der Waals surface area contributed by atoms with Crippen LogP contribution in [0.3, 0.4) is 0 Å². The zero-order chi connectivity index (χ0) is 23.7. The minimum absolute atomic E-state index is 0.0972. The van der Waals surface area contributed by atoms with E-state index in [-0.39, 0.29) is 17.2 Å². The molecular weight excluding hydrogens is 466 g/mol. The fourth-order valence-electron chi connectivity index (χ4n) is 3.97. The molecule has 0 bridgehead atoms. The third kappa shape index (κ3) is 4.53. The predicted molar refractivity (Wildman–Crippen MR) is 136 cm³/mol. The summed E-state index contributed by atoms with van der Waals surface area (Å²) < 4.78 is 0. The maximum Gasteiger partial charge on any atom is 0.274 e. The van der Waals surface area contributed by atoms with Crippen LogP contribution in [-0.2, 0) is 0 Å². The number of amides is 2. The number of benzene rings is 1. The maximum atomic E-state index is 13.5. The number of thioether (sulfide) groups is 1. The fourth-order valence-corrected chi connectivity index (χ4v) is 6.03. The summed E-state index contributed by atoms with van der Waals surface area (Å²) in [6.07, 6.45) is 1.70. The van der Waals surface area contributed by atoms with Gasteiger partial charge in [-0.25, -0.2) is 9.97 Å². The Hall–Kier alpha value is -3.30. The van der Waals surface area contributed by atoms with Crippen LogP contribution in [0.4, 0.5) is 0 Å². The quantitative estimate of drug-likeness (QED) is 0.449. The van der Waals surface area contributed by atoms with E-state index in [4.69, 9.17) is 0 Å². The molecule has 1 saturated heterocycles. The Bertz CT molecular complexity index is 1390. The van der Waals surface area contributed by atoms with E-state index < -0.39 is 0 Å². The topological polar surface area (TPSA) is 88.1 Å². The highest BCUT2D eigenvalue weighted by Crippen LogP contribution is 2.33. The van der Waals surface area contributed by atoms with Crippen molar-refractivity contribution in [2.75, 3.05) is 18.8 Å². The Morgan fingerprint density at radius 1 is 1.09 bits per heavy atom. The number of aromatic nitrogens is 3. The van der Waals surface area contributed by atoms with Crippen molar-refractivity contribution < 1.29 is 9.59 Å². The van der Waals surface area contributed by atoms with Gasteiger partial charge in [0.15, 0.2) is 0 Å². The molecule has 1 aliphatic rings. The molecular formula is C25H23N5O2S2. The summed E-state index contributed by atoms with van der Waals surface area (Å²) in [6, 6.07) is 15.2. The lowest BCUT2D eigenvalue weighted by Gasteiger charge is -2.23. The molecule has 1 aliphatic heterocycles. The molecule has 172 valence electrons. The van der Waals surface area contributed by atoms with Crippen molar-refractivity contribution in [1.29, 1.82) is 0 Å². The first-order chi connectivity index (χ1) is 16.5. The van der Waals surface area contributed by atoms with Gasteiger partial charge < -0.3 is 10.2 Å². The molecule has 1 atom stereocenters. The van der Waals surface area contributed by atoms with Gasteiger partial charge in [0, 0.05) is 25.0 Å². The molecule has 1 unspecified atom stereocenters. The molecule has 0 radical (unpaired) electrons. The molecule has 1 fully saturated rings. The molecule has 4 heterocycles. The van der Waals surface area contributed by atoms with Gasteiger partial charge in [-0.1, -0.05) is 29.8 Å². The molecule has 3 aromatic heterocycles. The lowest BCUT2D eigenvalue weighted by atomic mass is 10.1. The van der Waals surface area contributed by atoms with Crippen molar-refractivity contribution in [3.63, 3.8) is 0 Å². The Kier molecular flexibility index (Phi) is 6.30. The van der Waals surface area contributed by atoms with E-state index in [0.717, 1.165) is 32.3 Å². The van der Waals surface area contributed by atoms with Crippen LogP contribution in [0.25, 0.3) is 21.5 Å². The van der Waals surface area contributed by atoms with Gasteiger partial charge in [-0.3, -0.25) is 14.6 Å².